The van der Waals surface area contributed by atoms with Gasteiger partial charge in [-0.2, -0.15) is 4.98 Å². The number of anilines is 1. The van der Waals surface area contributed by atoms with Crippen LogP contribution < -0.4 is 14.8 Å². The van der Waals surface area contributed by atoms with Crippen LogP contribution >= 0.6 is 0 Å². The minimum Gasteiger partial charge on any atom is -0.493 e. The fraction of sp³-hybridized carbons (Fsp3) is 0.263. The van der Waals surface area contributed by atoms with Crippen molar-refractivity contribution in [1.29, 1.82) is 0 Å². The Balaban J connectivity index is 1.38. The van der Waals surface area contributed by atoms with Crippen molar-refractivity contribution in [3.8, 4) is 23.0 Å². The van der Waals surface area contributed by atoms with Gasteiger partial charge in [0.15, 0.2) is 11.5 Å². The molecule has 144 valence electrons. The number of nitrogens with zero attached hydrogens (tertiary/aromatic N) is 4. The second-order valence-corrected chi connectivity index (χ2v) is 6.24. The van der Waals surface area contributed by atoms with Crippen molar-refractivity contribution < 1.29 is 18.8 Å². The molecular weight excluding hydrogens is 362 g/mol. The van der Waals surface area contributed by atoms with E-state index in [0.29, 0.717) is 47.7 Å². The number of urea groups is 1. The molecule has 0 aliphatic carbocycles. The molecule has 2 amide bonds. The first-order valence-electron chi connectivity index (χ1n) is 8.71. The summed E-state index contributed by atoms with van der Waals surface area (Å²) in [7, 11) is 3.08. The van der Waals surface area contributed by atoms with E-state index in [4.69, 9.17) is 14.0 Å². The number of carbonyl (C=O) groups is 1. The molecule has 0 saturated carbocycles. The van der Waals surface area contributed by atoms with Gasteiger partial charge in [0.2, 0.25) is 11.7 Å². The molecule has 1 N–H and O–H groups in total. The topological polar surface area (TPSA) is 103 Å². The largest absolute Gasteiger partial charge is 0.493 e. The molecule has 1 aromatic carbocycles. The van der Waals surface area contributed by atoms with Crippen molar-refractivity contribution in [3.63, 3.8) is 0 Å². The lowest BCUT2D eigenvalue weighted by atomic mass is 10.0. The van der Waals surface area contributed by atoms with E-state index in [9.17, 15) is 4.79 Å². The Labute approximate surface area is 161 Å². The van der Waals surface area contributed by atoms with Crippen molar-refractivity contribution in [2.24, 2.45) is 0 Å². The number of pyridine rings is 1. The monoisotopic (exact) mass is 381 g/mol. The Hall–Kier alpha value is -3.62. The van der Waals surface area contributed by atoms with Crippen LogP contribution in [0.25, 0.3) is 11.5 Å². The van der Waals surface area contributed by atoms with Crippen molar-refractivity contribution in [2.75, 3.05) is 32.6 Å². The highest BCUT2D eigenvalue weighted by atomic mass is 16.5. The van der Waals surface area contributed by atoms with E-state index in [0.717, 1.165) is 0 Å². The van der Waals surface area contributed by atoms with Gasteiger partial charge in [0.25, 0.3) is 0 Å². The average Bonchev–Trinajstić information content (AvgIpc) is 3.17. The van der Waals surface area contributed by atoms with Crippen LogP contribution in [0.1, 0.15) is 11.8 Å². The lowest BCUT2D eigenvalue weighted by Gasteiger charge is -2.37. The Bertz CT molecular complexity index is 969. The van der Waals surface area contributed by atoms with Gasteiger partial charge in [-0.05, 0) is 24.3 Å². The standard InChI is InChI=1S/C19H19N5O4/c1-26-15-8-5-7-13(16(15)27-2)21-19(25)24-10-12(11-24)18-22-17(23-28-18)14-6-3-4-9-20-14/h3-9,12H,10-11H2,1-2H3,(H,21,25). The Morgan fingerprint density at radius 3 is 2.75 bits per heavy atom. The summed E-state index contributed by atoms with van der Waals surface area (Å²) in [5.74, 6) is 1.98. The van der Waals surface area contributed by atoms with Gasteiger partial charge in [-0.15, -0.1) is 0 Å². The molecule has 9 heteroatoms. The summed E-state index contributed by atoms with van der Waals surface area (Å²) in [4.78, 5) is 22.8. The molecule has 3 heterocycles. The van der Waals surface area contributed by atoms with Gasteiger partial charge in [-0.3, -0.25) is 4.98 Å². The molecule has 2 aromatic heterocycles. The highest BCUT2D eigenvalue weighted by Gasteiger charge is 2.36. The number of carbonyl (C=O) groups excluding carboxylic acids is 1. The summed E-state index contributed by atoms with van der Waals surface area (Å²) in [5, 5.41) is 6.82. The van der Waals surface area contributed by atoms with E-state index >= 15 is 0 Å². The van der Waals surface area contributed by atoms with Gasteiger partial charge in [0, 0.05) is 19.3 Å². The van der Waals surface area contributed by atoms with Crippen LogP contribution in [0, 0.1) is 0 Å². The maximum atomic E-state index is 12.5. The minimum absolute atomic E-state index is 0.00270. The molecule has 4 rings (SSSR count). The lowest BCUT2D eigenvalue weighted by Crippen LogP contribution is -2.50. The van der Waals surface area contributed by atoms with Gasteiger partial charge in [-0.25, -0.2) is 4.79 Å². The summed E-state index contributed by atoms with van der Waals surface area (Å²) in [5.41, 5.74) is 1.20. The van der Waals surface area contributed by atoms with Gasteiger partial charge in [-0.1, -0.05) is 17.3 Å². The van der Waals surface area contributed by atoms with Gasteiger partial charge in [0.1, 0.15) is 5.69 Å². The van der Waals surface area contributed by atoms with E-state index in [1.807, 2.05) is 18.2 Å². The van der Waals surface area contributed by atoms with Crippen molar-refractivity contribution in [3.05, 3.63) is 48.5 Å². The summed E-state index contributed by atoms with van der Waals surface area (Å²) in [6.07, 6.45) is 1.67. The molecule has 1 aliphatic heterocycles. The number of likely N-dealkylation sites (tertiary alicyclic amines) is 1. The molecular formula is C19H19N5O4. The highest BCUT2D eigenvalue weighted by molar-refractivity contribution is 5.92. The van der Waals surface area contributed by atoms with Crippen LogP contribution in [-0.2, 0) is 0 Å². The molecule has 0 spiro atoms. The summed E-state index contributed by atoms with van der Waals surface area (Å²) >= 11 is 0. The van der Waals surface area contributed by atoms with Gasteiger partial charge >= 0.3 is 6.03 Å². The molecule has 0 bridgehead atoms. The van der Waals surface area contributed by atoms with Crippen LogP contribution in [0.5, 0.6) is 11.5 Å². The molecule has 0 radical (unpaired) electrons. The van der Waals surface area contributed by atoms with Crippen molar-refractivity contribution in [1.82, 2.24) is 20.0 Å². The number of nitrogens with one attached hydrogen (secondary N) is 1. The fourth-order valence-corrected chi connectivity index (χ4v) is 2.98. The van der Waals surface area contributed by atoms with E-state index in [1.54, 1.807) is 36.4 Å². The number of para-hydroxylation sites is 1. The molecule has 28 heavy (non-hydrogen) atoms. The molecule has 1 saturated heterocycles. The molecule has 0 atom stereocenters. The number of aromatic nitrogens is 3. The maximum Gasteiger partial charge on any atom is 0.321 e. The van der Waals surface area contributed by atoms with E-state index in [1.165, 1.54) is 7.11 Å². The first-order valence-corrected chi connectivity index (χ1v) is 8.71. The number of benzene rings is 1. The van der Waals surface area contributed by atoms with Crippen LogP contribution in [0.2, 0.25) is 0 Å². The molecule has 3 aromatic rings. The van der Waals surface area contributed by atoms with Crippen molar-refractivity contribution in [2.45, 2.75) is 5.92 Å². The summed E-state index contributed by atoms with van der Waals surface area (Å²) < 4.78 is 15.9. The van der Waals surface area contributed by atoms with Crippen LogP contribution in [0.3, 0.4) is 0 Å². The number of hydrogen-bond acceptors (Lipinski definition) is 7. The average molecular weight is 381 g/mol. The molecule has 1 fully saturated rings. The molecule has 9 nitrogen and oxygen atoms in total. The van der Waals surface area contributed by atoms with Gasteiger partial charge < -0.3 is 24.2 Å². The second-order valence-electron chi connectivity index (χ2n) is 6.24. The maximum absolute atomic E-state index is 12.5. The number of amides is 2. The van der Waals surface area contributed by atoms with Crippen LogP contribution in [0.4, 0.5) is 10.5 Å². The molecule has 0 unspecified atom stereocenters. The normalized spacial score (nSPS) is 13.7. The predicted molar refractivity (Wildman–Crippen MR) is 100 cm³/mol. The number of methoxy groups -OCH3 is 2. The zero-order chi connectivity index (χ0) is 19.5. The number of hydrogen-bond donors (Lipinski definition) is 1. The van der Waals surface area contributed by atoms with Crippen LogP contribution in [0.15, 0.2) is 47.1 Å². The summed E-state index contributed by atoms with van der Waals surface area (Å²) in [6, 6.07) is 10.6. The highest BCUT2D eigenvalue weighted by Crippen LogP contribution is 2.35. The molecule has 1 aliphatic rings. The fourth-order valence-electron chi connectivity index (χ4n) is 2.98. The van der Waals surface area contributed by atoms with E-state index in [2.05, 4.69) is 20.4 Å². The Morgan fingerprint density at radius 2 is 2.04 bits per heavy atom. The minimum atomic E-state index is -0.229. The predicted octanol–water partition coefficient (Wildman–Crippen LogP) is 2.78. The van der Waals surface area contributed by atoms with Gasteiger partial charge in [0.05, 0.1) is 25.8 Å². The summed E-state index contributed by atoms with van der Waals surface area (Å²) in [6.45, 7) is 0.976. The third-order valence-corrected chi connectivity index (χ3v) is 4.50. The Morgan fingerprint density at radius 1 is 1.18 bits per heavy atom. The SMILES string of the molecule is COc1cccc(NC(=O)N2CC(c3nc(-c4ccccn4)no3)C2)c1OC. The zero-order valence-corrected chi connectivity index (χ0v) is 15.5. The van der Waals surface area contributed by atoms with Crippen molar-refractivity contribution >= 4 is 11.7 Å². The quantitative estimate of drug-likeness (QED) is 0.725. The number of rotatable bonds is 5. The van der Waals surface area contributed by atoms with Crippen LogP contribution in [-0.4, -0.2) is 53.4 Å². The first kappa shape index (κ1) is 17.8. The second kappa shape index (κ2) is 7.55. The number of ether oxygens (including phenoxy) is 2. The zero-order valence-electron chi connectivity index (χ0n) is 15.5. The third kappa shape index (κ3) is 3.34. The lowest BCUT2D eigenvalue weighted by molar-refractivity contribution is 0.147. The van der Waals surface area contributed by atoms with E-state index < -0.39 is 0 Å². The Kier molecular flexibility index (Phi) is 4.79. The smallest absolute Gasteiger partial charge is 0.321 e. The van der Waals surface area contributed by atoms with E-state index in [-0.39, 0.29) is 11.9 Å². The first-order chi connectivity index (χ1) is 13.7. The third-order valence-electron chi connectivity index (χ3n) is 4.50.